The molecule has 4 aromatic carbocycles. The predicted molar refractivity (Wildman–Crippen MR) is 173 cm³/mol. The maximum Gasteiger partial charge on any atom is 0.254 e. The zero-order valence-corrected chi connectivity index (χ0v) is 25.2. The Kier molecular flexibility index (Phi) is 8.62. The fourth-order valence-electron chi connectivity index (χ4n) is 6.75. The van der Waals surface area contributed by atoms with Crippen molar-refractivity contribution >= 4 is 11.5 Å². The van der Waals surface area contributed by atoms with Crippen LogP contribution >= 0.6 is 0 Å². The van der Waals surface area contributed by atoms with E-state index in [-0.39, 0.29) is 11.3 Å². The zero-order chi connectivity index (χ0) is 29.6. The van der Waals surface area contributed by atoms with Crippen molar-refractivity contribution in [3.05, 3.63) is 137 Å². The lowest BCUT2D eigenvalue weighted by Crippen LogP contribution is -2.46. The van der Waals surface area contributed by atoms with Crippen molar-refractivity contribution in [2.45, 2.75) is 31.2 Å². The highest BCUT2D eigenvalue weighted by atomic mass is 16.5. The quantitative estimate of drug-likeness (QED) is 0.224. The number of benzene rings is 4. The monoisotopic (exact) mass is 572 g/mol. The van der Waals surface area contributed by atoms with Crippen LogP contribution in [-0.2, 0) is 12.0 Å². The van der Waals surface area contributed by atoms with E-state index in [2.05, 4.69) is 95.9 Å². The van der Waals surface area contributed by atoms with Crippen LogP contribution in [0, 0.1) is 0 Å². The van der Waals surface area contributed by atoms with Crippen LogP contribution in [0.4, 0.5) is 0 Å². The van der Waals surface area contributed by atoms with Crippen LogP contribution < -0.4 is 9.47 Å². The Morgan fingerprint density at radius 3 is 2.07 bits per heavy atom. The van der Waals surface area contributed by atoms with Crippen LogP contribution in [0.2, 0.25) is 0 Å². The minimum absolute atomic E-state index is 0.106. The van der Waals surface area contributed by atoms with Crippen molar-refractivity contribution in [3.63, 3.8) is 0 Å². The summed E-state index contributed by atoms with van der Waals surface area (Å²) >= 11 is 0. The number of methoxy groups -OCH3 is 2. The van der Waals surface area contributed by atoms with E-state index in [1.165, 1.54) is 27.8 Å². The van der Waals surface area contributed by atoms with Crippen molar-refractivity contribution in [1.29, 1.82) is 0 Å². The molecule has 43 heavy (non-hydrogen) atoms. The third-order valence-corrected chi connectivity index (χ3v) is 9.08. The van der Waals surface area contributed by atoms with Gasteiger partial charge in [0.1, 0.15) is 11.5 Å². The van der Waals surface area contributed by atoms with Crippen molar-refractivity contribution in [2.24, 2.45) is 0 Å². The topological polar surface area (TPSA) is 42.0 Å². The molecule has 0 aliphatic carbocycles. The molecule has 5 heteroatoms. The van der Waals surface area contributed by atoms with E-state index in [9.17, 15) is 4.79 Å². The molecule has 2 aliphatic heterocycles. The van der Waals surface area contributed by atoms with Crippen molar-refractivity contribution < 1.29 is 14.3 Å². The molecule has 6 rings (SSSR count). The van der Waals surface area contributed by atoms with Gasteiger partial charge >= 0.3 is 0 Å². The summed E-state index contributed by atoms with van der Waals surface area (Å²) in [6.45, 7) is 4.09. The molecule has 4 aromatic rings. The molecular formula is C38H40N2O3. The predicted octanol–water partition coefficient (Wildman–Crippen LogP) is 7.22. The van der Waals surface area contributed by atoms with Gasteiger partial charge < -0.3 is 14.4 Å². The Hall–Kier alpha value is -4.35. The van der Waals surface area contributed by atoms with E-state index in [1.54, 1.807) is 14.2 Å². The molecule has 0 spiro atoms. The minimum atomic E-state index is -0.152. The third kappa shape index (κ3) is 6.23. The second kappa shape index (κ2) is 12.9. The number of piperidine rings is 1. The molecule has 1 amide bonds. The second-order valence-electron chi connectivity index (χ2n) is 11.7. The lowest BCUT2D eigenvalue weighted by atomic mass is 9.69. The summed E-state index contributed by atoms with van der Waals surface area (Å²) < 4.78 is 10.9. The van der Waals surface area contributed by atoms with Gasteiger partial charge in [-0.15, -0.1) is 0 Å². The standard InChI is InChI=1S/C38H40N2O3/c1-42-35-16-12-33(13-17-35)38(34-14-18-36(43-2)19-15-34)22-7-23-39(28-38)27-29-8-6-11-32(26-29)37(41)40-24-20-31(21-25-40)30-9-4-3-5-10-30/h3-6,8-20,26H,7,21-25,27-28H2,1-2H3. The Morgan fingerprint density at radius 2 is 1.47 bits per heavy atom. The van der Waals surface area contributed by atoms with Gasteiger partial charge in [-0.1, -0.05) is 72.8 Å². The first-order chi connectivity index (χ1) is 21.1. The van der Waals surface area contributed by atoms with Crippen LogP contribution in [0.1, 0.15) is 51.9 Å². The summed E-state index contributed by atoms with van der Waals surface area (Å²) in [5.74, 6) is 1.83. The maximum atomic E-state index is 13.5. The first-order valence-electron chi connectivity index (χ1n) is 15.2. The molecule has 1 saturated heterocycles. The number of nitrogens with zero attached hydrogens (tertiary/aromatic N) is 2. The van der Waals surface area contributed by atoms with Gasteiger partial charge in [0.15, 0.2) is 0 Å². The summed E-state index contributed by atoms with van der Waals surface area (Å²) in [5.41, 5.74) is 6.94. The Bertz CT molecular complexity index is 1510. The number of rotatable bonds is 8. The van der Waals surface area contributed by atoms with Crippen LogP contribution in [-0.4, -0.2) is 56.1 Å². The third-order valence-electron chi connectivity index (χ3n) is 9.08. The first kappa shape index (κ1) is 28.8. The lowest BCUT2D eigenvalue weighted by molar-refractivity contribution is 0.0772. The molecule has 0 aromatic heterocycles. The number of ether oxygens (including phenoxy) is 2. The van der Waals surface area contributed by atoms with Gasteiger partial charge in [-0.2, -0.15) is 0 Å². The highest BCUT2D eigenvalue weighted by Gasteiger charge is 2.39. The molecule has 0 radical (unpaired) electrons. The van der Waals surface area contributed by atoms with Gasteiger partial charge in [-0.25, -0.2) is 0 Å². The lowest BCUT2D eigenvalue weighted by Gasteiger charge is -2.44. The van der Waals surface area contributed by atoms with Crippen LogP contribution in [0.15, 0.2) is 109 Å². The minimum Gasteiger partial charge on any atom is -0.497 e. The van der Waals surface area contributed by atoms with E-state index < -0.39 is 0 Å². The second-order valence-corrected chi connectivity index (χ2v) is 11.7. The molecule has 0 bridgehead atoms. The Labute approximate surface area is 255 Å². The van der Waals surface area contributed by atoms with Crippen molar-refractivity contribution in [2.75, 3.05) is 40.4 Å². The van der Waals surface area contributed by atoms with Gasteiger partial charge in [-0.3, -0.25) is 9.69 Å². The molecule has 5 nitrogen and oxygen atoms in total. The molecule has 2 aliphatic rings. The number of amides is 1. The number of carbonyl (C=O) groups excluding carboxylic acids is 1. The molecule has 0 N–H and O–H groups in total. The van der Waals surface area contributed by atoms with E-state index in [1.807, 2.05) is 23.1 Å². The summed E-state index contributed by atoms with van der Waals surface area (Å²) in [7, 11) is 3.42. The Balaban J connectivity index is 1.20. The highest BCUT2D eigenvalue weighted by molar-refractivity contribution is 5.95. The average molecular weight is 573 g/mol. The molecule has 0 atom stereocenters. The van der Waals surface area contributed by atoms with Gasteiger partial charge in [0, 0.05) is 37.2 Å². The number of carbonyl (C=O) groups is 1. The summed E-state index contributed by atoms with van der Waals surface area (Å²) in [6, 6.07) is 35.8. The largest absolute Gasteiger partial charge is 0.497 e. The number of likely N-dealkylation sites (tertiary alicyclic amines) is 1. The molecule has 0 saturated carbocycles. The normalized spacial score (nSPS) is 16.8. The van der Waals surface area contributed by atoms with E-state index >= 15 is 0 Å². The van der Waals surface area contributed by atoms with Gasteiger partial charge in [0.2, 0.25) is 0 Å². The molecule has 0 unspecified atom stereocenters. The van der Waals surface area contributed by atoms with Gasteiger partial charge in [0.05, 0.1) is 14.2 Å². The number of hydrogen-bond acceptors (Lipinski definition) is 4. The fraction of sp³-hybridized carbons (Fsp3) is 0.289. The van der Waals surface area contributed by atoms with E-state index in [0.29, 0.717) is 6.54 Å². The van der Waals surface area contributed by atoms with Crippen molar-refractivity contribution in [3.8, 4) is 11.5 Å². The zero-order valence-electron chi connectivity index (χ0n) is 25.2. The molecule has 2 heterocycles. The maximum absolute atomic E-state index is 13.5. The molecule has 1 fully saturated rings. The summed E-state index contributed by atoms with van der Waals surface area (Å²) in [5, 5.41) is 0. The van der Waals surface area contributed by atoms with E-state index in [4.69, 9.17) is 9.47 Å². The van der Waals surface area contributed by atoms with Gasteiger partial charge in [0.25, 0.3) is 5.91 Å². The molecular weight excluding hydrogens is 532 g/mol. The van der Waals surface area contributed by atoms with Crippen LogP contribution in [0.3, 0.4) is 0 Å². The average Bonchev–Trinajstić information content (AvgIpc) is 3.08. The van der Waals surface area contributed by atoms with E-state index in [0.717, 1.165) is 62.5 Å². The Morgan fingerprint density at radius 1 is 0.791 bits per heavy atom. The van der Waals surface area contributed by atoms with Crippen LogP contribution in [0.5, 0.6) is 11.5 Å². The van der Waals surface area contributed by atoms with Crippen LogP contribution in [0.25, 0.3) is 5.57 Å². The van der Waals surface area contributed by atoms with Crippen molar-refractivity contribution in [1.82, 2.24) is 9.80 Å². The number of hydrogen-bond donors (Lipinski definition) is 0. The summed E-state index contributed by atoms with van der Waals surface area (Å²) in [4.78, 5) is 18.0. The first-order valence-corrected chi connectivity index (χ1v) is 15.2. The molecule has 220 valence electrons. The fourth-order valence-corrected chi connectivity index (χ4v) is 6.75. The smallest absolute Gasteiger partial charge is 0.254 e. The van der Waals surface area contributed by atoms with Gasteiger partial charge in [-0.05, 0) is 90.0 Å². The summed E-state index contributed by atoms with van der Waals surface area (Å²) in [6.07, 6.45) is 5.23. The highest BCUT2D eigenvalue weighted by Crippen LogP contribution is 2.42. The SMILES string of the molecule is COc1ccc(C2(c3ccc(OC)cc3)CCCN(Cc3cccc(C(=O)N4CC=C(c5ccccc5)CC4)c3)C2)cc1.